The summed E-state index contributed by atoms with van der Waals surface area (Å²) < 4.78 is 2.16. The average Bonchev–Trinajstić information content (AvgIpc) is 2.87. The lowest BCUT2D eigenvalue weighted by atomic mass is 10.1. The summed E-state index contributed by atoms with van der Waals surface area (Å²) in [6, 6.07) is 13.3. The van der Waals surface area contributed by atoms with Crippen molar-refractivity contribution >= 4 is 33.5 Å². The smallest absolute Gasteiger partial charge is 0.357 e. The molecular weight excluding hydrogens is 392 g/mol. The first kappa shape index (κ1) is 16.7. The number of rotatable bonds is 3. The normalized spacial score (nSPS) is 10.8. The number of carboxylic acid groups (broad SMARTS) is 1. The van der Waals surface area contributed by atoms with Crippen LogP contribution in [0, 0.1) is 13.8 Å². The van der Waals surface area contributed by atoms with Gasteiger partial charge >= 0.3 is 5.97 Å². The Balaban J connectivity index is 2.35. The van der Waals surface area contributed by atoms with E-state index in [2.05, 4.69) is 20.9 Å². The maximum Gasteiger partial charge on any atom is 0.357 e. The minimum Gasteiger partial charge on any atom is -0.476 e. The van der Waals surface area contributed by atoms with E-state index in [-0.39, 0.29) is 5.69 Å². The van der Waals surface area contributed by atoms with Gasteiger partial charge in [-0.1, -0.05) is 41.4 Å². The topological polar surface area (TPSA) is 55.1 Å². The van der Waals surface area contributed by atoms with Gasteiger partial charge in [0.1, 0.15) is 10.4 Å². The second-order valence-corrected chi connectivity index (χ2v) is 6.70. The van der Waals surface area contributed by atoms with Gasteiger partial charge in [-0.3, -0.25) is 4.57 Å². The van der Waals surface area contributed by atoms with E-state index in [1.54, 1.807) is 16.7 Å². The average molecular weight is 406 g/mol. The van der Waals surface area contributed by atoms with Crippen LogP contribution in [0.3, 0.4) is 0 Å². The van der Waals surface area contributed by atoms with Crippen LogP contribution in [-0.4, -0.2) is 20.6 Å². The van der Waals surface area contributed by atoms with Gasteiger partial charge in [-0.15, -0.1) is 0 Å². The van der Waals surface area contributed by atoms with Gasteiger partial charge in [0, 0.05) is 10.6 Å². The molecule has 0 radical (unpaired) electrons. The number of halogens is 2. The van der Waals surface area contributed by atoms with Crippen LogP contribution in [0.4, 0.5) is 0 Å². The third kappa shape index (κ3) is 2.97. The Bertz CT molecular complexity index is 950. The van der Waals surface area contributed by atoms with Gasteiger partial charge in [0.25, 0.3) is 0 Å². The highest BCUT2D eigenvalue weighted by Crippen LogP contribution is 2.33. The van der Waals surface area contributed by atoms with E-state index < -0.39 is 5.97 Å². The van der Waals surface area contributed by atoms with Gasteiger partial charge in [0.2, 0.25) is 0 Å². The first-order valence-corrected chi connectivity index (χ1v) is 8.40. The van der Waals surface area contributed by atoms with Crippen molar-refractivity contribution in [2.24, 2.45) is 0 Å². The first-order valence-electron chi connectivity index (χ1n) is 7.23. The summed E-state index contributed by atoms with van der Waals surface area (Å²) in [6.07, 6.45) is 0. The standard InChI is InChI=1S/C18H14BrClN2O2/c1-10-4-3-5-12(8-10)17-21-15(18(23)24)16(19)22(17)14-9-13(20)7-6-11(14)2/h3-9H,1-2H3,(H,23,24). The number of aromatic nitrogens is 2. The Morgan fingerprint density at radius 3 is 2.62 bits per heavy atom. The summed E-state index contributed by atoms with van der Waals surface area (Å²) in [5, 5.41) is 10.0. The molecule has 2 aromatic carbocycles. The number of aryl methyl sites for hydroxylation is 2. The van der Waals surface area contributed by atoms with Crippen LogP contribution in [0.15, 0.2) is 47.1 Å². The summed E-state index contributed by atoms with van der Waals surface area (Å²) in [5.41, 5.74) is 3.61. The van der Waals surface area contributed by atoms with Crippen molar-refractivity contribution in [3.63, 3.8) is 0 Å². The van der Waals surface area contributed by atoms with Crippen LogP contribution in [0.2, 0.25) is 5.02 Å². The predicted molar refractivity (Wildman–Crippen MR) is 98.1 cm³/mol. The zero-order valence-electron chi connectivity index (χ0n) is 13.0. The largest absolute Gasteiger partial charge is 0.476 e. The zero-order valence-corrected chi connectivity index (χ0v) is 15.4. The van der Waals surface area contributed by atoms with Gasteiger partial charge in [0.15, 0.2) is 5.69 Å². The summed E-state index contributed by atoms with van der Waals surface area (Å²) in [5.74, 6) is -0.539. The van der Waals surface area contributed by atoms with Gasteiger partial charge in [-0.2, -0.15) is 0 Å². The first-order chi connectivity index (χ1) is 11.4. The van der Waals surface area contributed by atoms with Crippen molar-refractivity contribution < 1.29 is 9.90 Å². The molecule has 122 valence electrons. The number of imidazole rings is 1. The third-order valence-corrected chi connectivity index (χ3v) is 4.68. The van der Waals surface area contributed by atoms with Crippen LogP contribution in [0.25, 0.3) is 17.1 Å². The molecule has 0 bridgehead atoms. The molecule has 0 saturated heterocycles. The number of benzene rings is 2. The summed E-state index contributed by atoms with van der Waals surface area (Å²) in [6.45, 7) is 3.92. The van der Waals surface area contributed by atoms with E-state index >= 15 is 0 Å². The van der Waals surface area contributed by atoms with Crippen LogP contribution in [-0.2, 0) is 0 Å². The molecule has 0 unspecified atom stereocenters. The number of carbonyl (C=O) groups is 1. The molecule has 0 spiro atoms. The van der Waals surface area contributed by atoms with Crippen molar-refractivity contribution in [3.8, 4) is 17.1 Å². The second kappa shape index (κ2) is 6.42. The third-order valence-electron chi connectivity index (χ3n) is 3.71. The van der Waals surface area contributed by atoms with Gasteiger partial charge < -0.3 is 5.11 Å². The van der Waals surface area contributed by atoms with Crippen molar-refractivity contribution in [3.05, 3.63) is 68.9 Å². The Hall–Kier alpha value is -2.11. The fourth-order valence-electron chi connectivity index (χ4n) is 2.56. The highest BCUT2D eigenvalue weighted by molar-refractivity contribution is 9.10. The van der Waals surface area contributed by atoms with Gasteiger partial charge in [-0.25, -0.2) is 9.78 Å². The molecule has 24 heavy (non-hydrogen) atoms. The minimum absolute atomic E-state index is 0.0362. The number of hydrogen-bond donors (Lipinski definition) is 1. The molecule has 1 aromatic heterocycles. The summed E-state index contributed by atoms with van der Waals surface area (Å²) >= 11 is 9.54. The molecule has 0 fully saturated rings. The number of nitrogens with zero attached hydrogens (tertiary/aromatic N) is 2. The zero-order chi connectivity index (χ0) is 17.4. The number of carboxylic acids is 1. The van der Waals surface area contributed by atoms with Crippen molar-refractivity contribution in [2.75, 3.05) is 0 Å². The van der Waals surface area contributed by atoms with E-state index in [0.717, 1.165) is 22.4 Å². The minimum atomic E-state index is -1.09. The fourth-order valence-corrected chi connectivity index (χ4v) is 3.34. The van der Waals surface area contributed by atoms with Crippen LogP contribution in [0.1, 0.15) is 21.6 Å². The molecule has 3 rings (SSSR count). The molecule has 6 heteroatoms. The van der Waals surface area contributed by atoms with E-state index in [0.29, 0.717) is 15.5 Å². The Labute approximate surface area is 152 Å². The highest BCUT2D eigenvalue weighted by Gasteiger charge is 2.23. The lowest BCUT2D eigenvalue weighted by Crippen LogP contribution is -2.01. The Morgan fingerprint density at radius 1 is 1.21 bits per heavy atom. The summed E-state index contributed by atoms with van der Waals surface area (Å²) in [4.78, 5) is 15.9. The molecule has 1 N–H and O–H groups in total. The monoisotopic (exact) mass is 404 g/mol. The van der Waals surface area contributed by atoms with Gasteiger partial charge in [0.05, 0.1) is 5.69 Å². The van der Waals surface area contributed by atoms with Crippen LogP contribution < -0.4 is 0 Å². The molecule has 0 aliphatic rings. The van der Waals surface area contributed by atoms with Crippen molar-refractivity contribution in [1.29, 1.82) is 0 Å². The van der Waals surface area contributed by atoms with Crippen LogP contribution in [0.5, 0.6) is 0 Å². The molecule has 0 aliphatic heterocycles. The maximum absolute atomic E-state index is 11.5. The molecular formula is C18H14BrClN2O2. The molecule has 0 amide bonds. The van der Waals surface area contributed by atoms with Gasteiger partial charge in [-0.05, 0) is 53.5 Å². The second-order valence-electron chi connectivity index (χ2n) is 5.52. The lowest BCUT2D eigenvalue weighted by Gasteiger charge is -2.13. The molecule has 0 atom stereocenters. The summed E-state index contributed by atoms with van der Waals surface area (Å²) in [7, 11) is 0. The molecule has 3 aromatic rings. The maximum atomic E-state index is 11.5. The Kier molecular flexibility index (Phi) is 4.47. The number of hydrogen-bond acceptors (Lipinski definition) is 2. The lowest BCUT2D eigenvalue weighted by molar-refractivity contribution is 0.0690. The quantitative estimate of drug-likeness (QED) is 0.646. The molecule has 1 heterocycles. The van der Waals surface area contributed by atoms with E-state index in [1.165, 1.54) is 0 Å². The molecule has 0 aliphatic carbocycles. The van der Waals surface area contributed by atoms with E-state index in [1.807, 2.05) is 44.2 Å². The molecule has 0 saturated carbocycles. The Morgan fingerprint density at radius 2 is 1.96 bits per heavy atom. The fraction of sp³-hybridized carbons (Fsp3) is 0.111. The van der Waals surface area contributed by atoms with Crippen molar-refractivity contribution in [2.45, 2.75) is 13.8 Å². The van der Waals surface area contributed by atoms with E-state index in [4.69, 9.17) is 11.6 Å². The highest BCUT2D eigenvalue weighted by atomic mass is 79.9. The molecule has 4 nitrogen and oxygen atoms in total. The number of aromatic carboxylic acids is 1. The predicted octanol–water partition coefficient (Wildman–Crippen LogP) is 5.27. The van der Waals surface area contributed by atoms with E-state index in [9.17, 15) is 9.90 Å². The SMILES string of the molecule is Cc1cccc(-c2nc(C(=O)O)c(Br)n2-c2cc(Cl)ccc2C)c1. The van der Waals surface area contributed by atoms with Crippen molar-refractivity contribution in [1.82, 2.24) is 9.55 Å². The van der Waals surface area contributed by atoms with Crippen LogP contribution >= 0.6 is 27.5 Å².